The van der Waals surface area contributed by atoms with Crippen molar-refractivity contribution in [3.05, 3.63) is 36.5 Å². The van der Waals surface area contributed by atoms with Crippen molar-refractivity contribution >= 4 is 17.9 Å². The van der Waals surface area contributed by atoms with E-state index in [-0.39, 0.29) is 19.8 Å². The third-order valence-corrected chi connectivity index (χ3v) is 4.17. The Morgan fingerprint density at radius 2 is 0.833 bits per heavy atom. The Labute approximate surface area is 178 Å². The zero-order valence-corrected chi connectivity index (χ0v) is 18.3. The molecule has 0 aliphatic carbocycles. The van der Waals surface area contributed by atoms with Crippen molar-refractivity contribution in [1.82, 2.24) is 14.7 Å². The van der Waals surface area contributed by atoms with Crippen molar-refractivity contribution in [2.24, 2.45) is 0 Å². The van der Waals surface area contributed by atoms with E-state index in [1.54, 1.807) is 20.8 Å². The van der Waals surface area contributed by atoms with E-state index < -0.39 is 17.9 Å². The summed E-state index contributed by atoms with van der Waals surface area (Å²) in [5.74, 6) is -1.25. The molecule has 1 saturated heterocycles. The number of carbonyl (C=O) groups excluding carboxylic acids is 3. The predicted octanol–water partition coefficient (Wildman–Crippen LogP) is 1.14. The molecule has 0 atom stereocenters. The molecule has 0 unspecified atom stereocenters. The van der Waals surface area contributed by atoms with Gasteiger partial charge in [-0.15, -0.1) is 0 Å². The largest absolute Gasteiger partial charge is 0.461 e. The fraction of sp³-hybridized carbons (Fsp3) is 0.571. The normalized spacial score (nSPS) is 15.3. The van der Waals surface area contributed by atoms with Gasteiger partial charge in [0, 0.05) is 36.4 Å². The molecule has 0 aromatic heterocycles. The number of hydrogen-bond acceptors (Lipinski definition) is 9. The van der Waals surface area contributed by atoms with E-state index >= 15 is 0 Å². The van der Waals surface area contributed by atoms with Gasteiger partial charge in [0.1, 0.15) is 19.8 Å². The second-order valence-corrected chi connectivity index (χ2v) is 7.36. The molecule has 0 bridgehead atoms. The number of nitrogens with zero attached hydrogens (tertiary/aromatic N) is 3. The molecule has 9 nitrogen and oxygen atoms in total. The van der Waals surface area contributed by atoms with Crippen LogP contribution in [0.3, 0.4) is 0 Å². The smallest absolute Gasteiger partial charge is 0.333 e. The summed E-state index contributed by atoms with van der Waals surface area (Å²) >= 11 is 0. The molecular weight excluding hydrogens is 390 g/mol. The average Bonchev–Trinajstić information content (AvgIpc) is 2.67. The first-order valence-electron chi connectivity index (χ1n) is 9.75. The molecule has 1 heterocycles. The highest BCUT2D eigenvalue weighted by Crippen LogP contribution is 2.08. The topological polar surface area (TPSA) is 88.6 Å². The summed E-state index contributed by atoms with van der Waals surface area (Å²) in [4.78, 5) is 41.0. The van der Waals surface area contributed by atoms with Crippen LogP contribution in [0, 0.1) is 0 Å². The van der Waals surface area contributed by atoms with Gasteiger partial charge in [0.15, 0.2) is 0 Å². The fourth-order valence-electron chi connectivity index (χ4n) is 2.58. The molecule has 30 heavy (non-hydrogen) atoms. The van der Waals surface area contributed by atoms with Crippen LogP contribution in [0.15, 0.2) is 36.5 Å². The molecule has 168 valence electrons. The summed E-state index contributed by atoms with van der Waals surface area (Å²) in [5.41, 5.74) is 1.07. The molecule has 1 rings (SSSR count). The summed E-state index contributed by atoms with van der Waals surface area (Å²) < 4.78 is 15.5. The van der Waals surface area contributed by atoms with Crippen molar-refractivity contribution in [2.75, 3.05) is 59.5 Å². The van der Waals surface area contributed by atoms with E-state index in [0.717, 1.165) is 0 Å². The van der Waals surface area contributed by atoms with Gasteiger partial charge >= 0.3 is 17.9 Å². The van der Waals surface area contributed by atoms with Crippen molar-refractivity contribution < 1.29 is 28.6 Å². The third-order valence-electron chi connectivity index (χ3n) is 4.17. The van der Waals surface area contributed by atoms with Gasteiger partial charge in [0.25, 0.3) is 0 Å². The lowest BCUT2D eigenvalue weighted by molar-refractivity contribution is -0.141. The highest BCUT2D eigenvalue weighted by atomic mass is 16.5. The monoisotopic (exact) mass is 423 g/mol. The molecule has 0 N–H and O–H groups in total. The number of esters is 3. The second kappa shape index (κ2) is 12.9. The number of rotatable bonds is 12. The lowest BCUT2D eigenvalue weighted by Crippen LogP contribution is -2.56. The number of ether oxygens (including phenoxy) is 3. The zero-order valence-electron chi connectivity index (χ0n) is 18.3. The molecule has 0 aromatic carbocycles. The number of carbonyl (C=O) groups is 3. The maximum absolute atomic E-state index is 11.6. The van der Waals surface area contributed by atoms with Gasteiger partial charge in [-0.3, -0.25) is 14.7 Å². The fourth-order valence-corrected chi connectivity index (χ4v) is 2.58. The summed E-state index contributed by atoms with van der Waals surface area (Å²) in [6, 6.07) is 0. The minimum absolute atomic E-state index is 0.239. The molecule has 1 fully saturated rings. The van der Waals surface area contributed by atoms with Crippen LogP contribution in [0.25, 0.3) is 0 Å². The zero-order chi connectivity index (χ0) is 22.7. The Morgan fingerprint density at radius 3 is 1.03 bits per heavy atom. The second-order valence-electron chi connectivity index (χ2n) is 7.36. The molecule has 1 aliphatic rings. The highest BCUT2D eigenvalue weighted by Gasteiger charge is 2.24. The van der Waals surface area contributed by atoms with Crippen LogP contribution in [0.1, 0.15) is 20.8 Å². The van der Waals surface area contributed by atoms with Gasteiger partial charge in [0.05, 0.1) is 20.0 Å². The van der Waals surface area contributed by atoms with Crippen LogP contribution in [0.5, 0.6) is 0 Å². The van der Waals surface area contributed by atoms with E-state index in [2.05, 4.69) is 34.4 Å². The maximum atomic E-state index is 11.6. The minimum atomic E-state index is -0.417. The van der Waals surface area contributed by atoms with Crippen molar-refractivity contribution in [1.29, 1.82) is 0 Å². The molecule has 9 heteroatoms. The Bertz CT molecular complexity index is 579. The highest BCUT2D eigenvalue weighted by molar-refractivity contribution is 5.87. The van der Waals surface area contributed by atoms with Crippen LogP contribution in [-0.2, 0) is 28.6 Å². The predicted molar refractivity (Wildman–Crippen MR) is 112 cm³/mol. The van der Waals surface area contributed by atoms with Gasteiger partial charge in [0.2, 0.25) is 0 Å². The molecule has 0 saturated carbocycles. The summed E-state index contributed by atoms with van der Waals surface area (Å²) in [5, 5.41) is 0. The Morgan fingerprint density at radius 1 is 0.600 bits per heavy atom. The van der Waals surface area contributed by atoms with Crippen LogP contribution in [-0.4, -0.2) is 92.1 Å². The lowest BCUT2D eigenvalue weighted by atomic mass is 10.3. The van der Waals surface area contributed by atoms with Crippen molar-refractivity contribution in [3.8, 4) is 0 Å². The van der Waals surface area contributed by atoms with Gasteiger partial charge < -0.3 is 14.2 Å². The van der Waals surface area contributed by atoms with Gasteiger partial charge in [-0.05, 0) is 20.8 Å². The van der Waals surface area contributed by atoms with Gasteiger partial charge in [-0.25, -0.2) is 14.4 Å². The molecule has 0 amide bonds. The molecule has 0 spiro atoms. The Balaban J connectivity index is 2.56. The first-order chi connectivity index (χ1) is 14.1. The van der Waals surface area contributed by atoms with Crippen LogP contribution < -0.4 is 0 Å². The summed E-state index contributed by atoms with van der Waals surface area (Å²) in [6.07, 6.45) is 0. The quantitative estimate of drug-likeness (QED) is 0.260. The third kappa shape index (κ3) is 9.82. The van der Waals surface area contributed by atoms with Crippen LogP contribution in [0.2, 0.25) is 0 Å². The first kappa shape index (κ1) is 25.5. The van der Waals surface area contributed by atoms with Crippen LogP contribution in [0.4, 0.5) is 0 Å². The standard InChI is InChI=1S/C21H33N3O6/c1-16(2)19(25)28-10-7-22-13-23(8-11-29-20(26)17(3)4)15-24(14-22)9-12-30-21(27)18(5)6/h1,3,5,7-15H2,2,4,6H3. The Hall–Kier alpha value is -2.49. The lowest BCUT2D eigenvalue weighted by Gasteiger charge is -2.42. The van der Waals surface area contributed by atoms with E-state index in [1.807, 2.05) is 0 Å². The molecule has 1 aliphatic heterocycles. The van der Waals surface area contributed by atoms with Crippen molar-refractivity contribution in [2.45, 2.75) is 20.8 Å². The number of hydrogen-bond donors (Lipinski definition) is 0. The molecular formula is C21H33N3O6. The van der Waals surface area contributed by atoms with E-state index in [9.17, 15) is 14.4 Å². The van der Waals surface area contributed by atoms with E-state index in [0.29, 0.717) is 56.4 Å². The van der Waals surface area contributed by atoms with E-state index in [4.69, 9.17) is 14.2 Å². The van der Waals surface area contributed by atoms with Crippen molar-refractivity contribution in [3.63, 3.8) is 0 Å². The first-order valence-corrected chi connectivity index (χ1v) is 9.75. The van der Waals surface area contributed by atoms with Crippen LogP contribution >= 0.6 is 0 Å². The maximum Gasteiger partial charge on any atom is 0.333 e. The Kier molecular flexibility index (Phi) is 11.0. The summed E-state index contributed by atoms with van der Waals surface area (Å²) in [6.45, 7) is 19.7. The molecule has 0 radical (unpaired) electrons. The van der Waals surface area contributed by atoms with Gasteiger partial charge in [-0.1, -0.05) is 19.7 Å². The minimum Gasteiger partial charge on any atom is -0.461 e. The summed E-state index contributed by atoms with van der Waals surface area (Å²) in [7, 11) is 0. The average molecular weight is 424 g/mol. The SMILES string of the molecule is C=C(C)C(=O)OCCN1CN(CCOC(=O)C(=C)C)CN(CCOC(=O)C(=C)C)C1. The van der Waals surface area contributed by atoms with Gasteiger partial charge in [-0.2, -0.15) is 0 Å². The van der Waals surface area contributed by atoms with E-state index in [1.165, 1.54) is 0 Å². The molecule has 0 aromatic rings.